The third-order valence-corrected chi connectivity index (χ3v) is 4.19. The van der Waals surface area contributed by atoms with Gasteiger partial charge in [-0.25, -0.2) is 0 Å². The molecule has 1 aromatic rings. The Balaban J connectivity index is 1.80. The first-order chi connectivity index (χ1) is 8.38. The third kappa shape index (κ3) is 2.06. The van der Waals surface area contributed by atoms with Crippen molar-refractivity contribution in [2.45, 2.75) is 51.2 Å². The second-order valence-electron chi connectivity index (χ2n) is 5.23. The molecule has 2 unspecified atom stereocenters. The van der Waals surface area contributed by atoms with Crippen LogP contribution < -0.4 is 4.90 Å². The molecule has 0 spiro atoms. The van der Waals surface area contributed by atoms with Crippen molar-refractivity contribution < 1.29 is 9.52 Å². The van der Waals surface area contributed by atoms with E-state index in [1.165, 1.54) is 38.5 Å². The molecule has 3 rings (SSSR count). The van der Waals surface area contributed by atoms with Gasteiger partial charge in [-0.3, -0.25) is 0 Å². The zero-order valence-electron chi connectivity index (χ0n) is 10.1. The fraction of sp³-hybridized carbons (Fsp3) is 0.769. The quantitative estimate of drug-likeness (QED) is 0.856. The predicted octanol–water partition coefficient (Wildman–Crippen LogP) is 2.33. The number of hydrogen-bond acceptors (Lipinski definition) is 4. The molecule has 2 aliphatic rings. The highest BCUT2D eigenvalue weighted by molar-refractivity contribution is 5.30. The van der Waals surface area contributed by atoms with Crippen molar-refractivity contribution >= 4 is 6.01 Å². The number of oxazole rings is 1. The molecule has 94 valence electrons. The molecule has 0 radical (unpaired) electrons. The van der Waals surface area contributed by atoms with Crippen LogP contribution in [0.1, 0.15) is 44.2 Å². The lowest BCUT2D eigenvalue weighted by atomic mass is 9.78. The summed E-state index contributed by atoms with van der Waals surface area (Å²) in [5.41, 5.74) is 0.637. The van der Waals surface area contributed by atoms with Crippen LogP contribution in [0, 0.1) is 5.92 Å². The predicted molar refractivity (Wildman–Crippen MR) is 64.8 cm³/mol. The minimum atomic E-state index is -0.0363. The van der Waals surface area contributed by atoms with E-state index in [1.807, 2.05) is 0 Å². The van der Waals surface area contributed by atoms with Gasteiger partial charge in [-0.2, -0.15) is 4.98 Å². The summed E-state index contributed by atoms with van der Waals surface area (Å²) in [5, 5.41) is 9.04. The molecule has 17 heavy (non-hydrogen) atoms. The monoisotopic (exact) mass is 236 g/mol. The maximum atomic E-state index is 9.04. The van der Waals surface area contributed by atoms with Gasteiger partial charge in [0.1, 0.15) is 12.0 Å². The Kier molecular flexibility index (Phi) is 3.05. The van der Waals surface area contributed by atoms with Crippen LogP contribution in [-0.4, -0.2) is 22.7 Å². The number of piperidine rings is 1. The molecule has 1 aliphatic carbocycles. The molecule has 2 fully saturated rings. The molecular weight excluding hydrogens is 216 g/mol. The molecule has 1 aromatic heterocycles. The van der Waals surface area contributed by atoms with Gasteiger partial charge in [-0.1, -0.05) is 12.8 Å². The van der Waals surface area contributed by atoms with E-state index in [4.69, 9.17) is 9.52 Å². The van der Waals surface area contributed by atoms with E-state index in [-0.39, 0.29) is 6.61 Å². The lowest BCUT2D eigenvalue weighted by molar-refractivity contribution is 0.235. The van der Waals surface area contributed by atoms with Crippen molar-refractivity contribution in [3.05, 3.63) is 12.0 Å². The fourth-order valence-corrected chi connectivity index (χ4v) is 3.36. The van der Waals surface area contributed by atoms with Crippen molar-refractivity contribution in [2.75, 3.05) is 11.4 Å². The number of aromatic nitrogens is 1. The smallest absolute Gasteiger partial charge is 0.297 e. The lowest BCUT2D eigenvalue weighted by Gasteiger charge is -2.43. The molecule has 4 nitrogen and oxygen atoms in total. The Labute approximate surface area is 102 Å². The Bertz CT molecular complexity index is 375. The molecule has 1 N–H and O–H groups in total. The average molecular weight is 236 g/mol. The van der Waals surface area contributed by atoms with Crippen molar-refractivity contribution in [2.24, 2.45) is 5.92 Å². The summed E-state index contributed by atoms with van der Waals surface area (Å²) in [6.45, 7) is 1.01. The summed E-state index contributed by atoms with van der Waals surface area (Å²) < 4.78 is 5.50. The minimum absolute atomic E-state index is 0.0363. The maximum Gasteiger partial charge on any atom is 0.297 e. The third-order valence-electron chi connectivity index (χ3n) is 4.19. The van der Waals surface area contributed by atoms with Crippen LogP contribution in [-0.2, 0) is 6.61 Å². The van der Waals surface area contributed by atoms with E-state index in [0.29, 0.717) is 17.8 Å². The van der Waals surface area contributed by atoms with E-state index in [2.05, 4.69) is 9.88 Å². The number of anilines is 1. The molecule has 0 amide bonds. The normalized spacial score (nSPS) is 29.1. The van der Waals surface area contributed by atoms with Gasteiger partial charge in [0, 0.05) is 12.6 Å². The van der Waals surface area contributed by atoms with Gasteiger partial charge in [0.2, 0.25) is 0 Å². The highest BCUT2D eigenvalue weighted by Crippen LogP contribution is 2.37. The van der Waals surface area contributed by atoms with E-state index >= 15 is 0 Å². The molecule has 1 aliphatic heterocycles. The lowest BCUT2D eigenvalue weighted by Crippen LogP contribution is -2.47. The van der Waals surface area contributed by atoms with Gasteiger partial charge in [0.15, 0.2) is 0 Å². The summed E-state index contributed by atoms with van der Waals surface area (Å²) in [6.07, 6.45) is 9.48. The summed E-state index contributed by atoms with van der Waals surface area (Å²) in [6, 6.07) is 1.33. The maximum absolute atomic E-state index is 9.04. The Morgan fingerprint density at radius 1 is 1.29 bits per heavy atom. The van der Waals surface area contributed by atoms with Gasteiger partial charge in [0.05, 0.1) is 6.61 Å². The fourth-order valence-electron chi connectivity index (χ4n) is 3.36. The van der Waals surface area contributed by atoms with E-state index in [1.54, 1.807) is 6.26 Å². The number of rotatable bonds is 2. The van der Waals surface area contributed by atoms with Crippen LogP contribution in [0.25, 0.3) is 0 Å². The topological polar surface area (TPSA) is 49.5 Å². The molecule has 1 saturated heterocycles. The first-order valence-corrected chi connectivity index (χ1v) is 6.70. The molecule has 2 atom stereocenters. The molecule has 0 aromatic carbocycles. The number of hydrogen-bond donors (Lipinski definition) is 1. The number of aliphatic hydroxyl groups excluding tert-OH is 1. The molecular formula is C13H20N2O2. The Hall–Kier alpha value is -1.03. The summed E-state index contributed by atoms with van der Waals surface area (Å²) >= 11 is 0. The largest absolute Gasteiger partial charge is 0.432 e. The van der Waals surface area contributed by atoms with Crippen LogP contribution in [0.4, 0.5) is 6.01 Å². The van der Waals surface area contributed by atoms with Crippen molar-refractivity contribution in [3.8, 4) is 0 Å². The van der Waals surface area contributed by atoms with Crippen LogP contribution in [0.15, 0.2) is 10.7 Å². The summed E-state index contributed by atoms with van der Waals surface area (Å²) in [4.78, 5) is 6.68. The molecule has 2 heterocycles. The Morgan fingerprint density at radius 2 is 2.12 bits per heavy atom. The number of aliphatic hydroxyl groups is 1. The second kappa shape index (κ2) is 4.69. The highest BCUT2D eigenvalue weighted by atomic mass is 16.4. The highest BCUT2D eigenvalue weighted by Gasteiger charge is 2.35. The first-order valence-electron chi connectivity index (χ1n) is 6.70. The molecule has 0 bridgehead atoms. The minimum Gasteiger partial charge on any atom is -0.432 e. The summed E-state index contributed by atoms with van der Waals surface area (Å²) in [5.74, 6) is 0.821. The number of nitrogens with zero attached hydrogens (tertiary/aromatic N) is 2. The van der Waals surface area contributed by atoms with Gasteiger partial charge < -0.3 is 14.4 Å². The zero-order valence-corrected chi connectivity index (χ0v) is 10.1. The van der Waals surface area contributed by atoms with E-state index in [0.717, 1.165) is 12.5 Å². The molecule has 4 heteroatoms. The van der Waals surface area contributed by atoms with Crippen LogP contribution in [0.2, 0.25) is 0 Å². The average Bonchev–Trinajstić information content (AvgIpc) is 2.87. The van der Waals surface area contributed by atoms with Gasteiger partial charge >= 0.3 is 0 Å². The van der Waals surface area contributed by atoms with Gasteiger partial charge in [0.25, 0.3) is 6.01 Å². The van der Waals surface area contributed by atoms with E-state index in [9.17, 15) is 0 Å². The van der Waals surface area contributed by atoms with Crippen molar-refractivity contribution in [1.29, 1.82) is 0 Å². The van der Waals surface area contributed by atoms with Gasteiger partial charge in [-0.05, 0) is 31.6 Å². The Morgan fingerprint density at radius 3 is 2.94 bits per heavy atom. The van der Waals surface area contributed by atoms with E-state index < -0.39 is 0 Å². The van der Waals surface area contributed by atoms with Crippen LogP contribution in [0.5, 0.6) is 0 Å². The zero-order chi connectivity index (χ0) is 11.7. The summed E-state index contributed by atoms with van der Waals surface area (Å²) in [7, 11) is 0. The van der Waals surface area contributed by atoms with Gasteiger partial charge in [-0.15, -0.1) is 0 Å². The van der Waals surface area contributed by atoms with Crippen LogP contribution in [0.3, 0.4) is 0 Å². The van der Waals surface area contributed by atoms with Crippen molar-refractivity contribution in [3.63, 3.8) is 0 Å². The SMILES string of the molecule is OCc1coc(N2CCCC3CCCCC32)n1. The second-order valence-corrected chi connectivity index (χ2v) is 5.23. The first kappa shape index (κ1) is 11.1. The number of fused-ring (bicyclic) bond motifs is 1. The van der Waals surface area contributed by atoms with Crippen molar-refractivity contribution in [1.82, 2.24) is 4.98 Å². The molecule has 1 saturated carbocycles. The standard InChI is InChI=1S/C13H20N2O2/c16-8-11-9-17-13(14-11)15-7-3-5-10-4-1-2-6-12(10)15/h9-10,12,16H,1-8H2. The van der Waals surface area contributed by atoms with Crippen LogP contribution >= 0.6 is 0 Å².